The van der Waals surface area contributed by atoms with Gasteiger partial charge in [-0.1, -0.05) is 0 Å². The van der Waals surface area contributed by atoms with E-state index in [4.69, 9.17) is 17.5 Å². The fourth-order valence-electron chi connectivity index (χ4n) is 0. The van der Waals surface area contributed by atoms with Gasteiger partial charge in [0.15, 0.2) is 0 Å². The fourth-order valence-corrected chi connectivity index (χ4v) is 0. The van der Waals surface area contributed by atoms with Crippen LogP contribution in [0.1, 0.15) is 0 Å². The van der Waals surface area contributed by atoms with Gasteiger partial charge in [-0.15, -0.1) is 0 Å². The van der Waals surface area contributed by atoms with Crippen molar-refractivity contribution < 1.29 is 48.4 Å². The van der Waals surface area contributed by atoms with Crippen LogP contribution >= 0.6 is 0 Å². The molecule has 0 amide bonds. The molecule has 0 N–H and O–H groups in total. The smallest absolute Gasteiger partial charge is 1.00 e. The first-order valence-corrected chi connectivity index (χ1v) is 2.00. The largest absolute Gasteiger partial charge is 3.00 e. The monoisotopic (exact) mass is 205 g/mol. The summed E-state index contributed by atoms with van der Waals surface area (Å²) in [4.78, 5) is 0. The zero-order valence-corrected chi connectivity index (χ0v) is 6.19. The van der Waals surface area contributed by atoms with Crippen molar-refractivity contribution in [1.82, 2.24) is 0 Å². The second kappa shape index (κ2) is 4.83. The van der Waals surface area contributed by atoms with E-state index in [1.807, 2.05) is 0 Å². The molecule has 7 heavy (non-hydrogen) atoms. The van der Waals surface area contributed by atoms with Gasteiger partial charge in [0.25, 0.3) is 0 Å². The summed E-state index contributed by atoms with van der Waals surface area (Å²) in [6.45, 7) is 0. The number of rotatable bonds is 0. The molecule has 0 aromatic carbocycles. The zero-order valence-electron chi connectivity index (χ0n) is 2.92. The summed E-state index contributed by atoms with van der Waals surface area (Å²) >= 11 is 0. The van der Waals surface area contributed by atoms with Gasteiger partial charge in [0, 0.05) is 10.4 Å². The van der Waals surface area contributed by atoms with Gasteiger partial charge in [-0.2, -0.15) is 0 Å². The van der Waals surface area contributed by atoms with Crippen molar-refractivity contribution in [1.29, 1.82) is 0 Å². The van der Waals surface area contributed by atoms with Crippen LogP contribution in [0.3, 0.4) is 0 Å². The first kappa shape index (κ1) is 15.6. The van der Waals surface area contributed by atoms with Crippen molar-refractivity contribution >= 4 is 10.4 Å². The Labute approximate surface area is 59.0 Å². The summed E-state index contributed by atoms with van der Waals surface area (Å²) in [7, 11) is -5.17. The Morgan fingerprint density at radius 3 is 1.14 bits per heavy atom. The van der Waals surface area contributed by atoms with E-state index < -0.39 is 10.4 Å². The molecule has 0 atom stereocenters. The maximum Gasteiger partial charge on any atom is 3.00 e. The topological polar surface area (TPSA) is 80.3 Å². The maximum absolute atomic E-state index is 8.52. The number of halogens is 1. The van der Waals surface area contributed by atoms with Crippen LogP contribution in [0.2, 0.25) is 0 Å². The second-order valence-corrected chi connectivity index (χ2v) is 1.22. The Morgan fingerprint density at radius 2 is 1.14 bits per heavy atom. The molecule has 0 spiro atoms. The van der Waals surface area contributed by atoms with Crippen LogP contribution in [0.25, 0.3) is 0 Å². The summed E-state index contributed by atoms with van der Waals surface area (Å²) in [5.41, 5.74) is 0. The summed E-state index contributed by atoms with van der Waals surface area (Å²) in [5.74, 6) is 0. The molecule has 0 aliphatic heterocycles. The van der Waals surface area contributed by atoms with Gasteiger partial charge in [-0.3, -0.25) is 8.42 Å². The molecule has 0 unspecified atom stereocenters. The molecule has 0 heterocycles. The van der Waals surface area contributed by atoms with E-state index in [0.29, 0.717) is 0 Å². The third kappa shape index (κ3) is 314. The van der Waals surface area contributed by atoms with E-state index in [1.54, 1.807) is 0 Å². The number of hydrogen-bond acceptors (Lipinski definition) is 4. The van der Waals surface area contributed by atoms with Crippen molar-refractivity contribution in [2.45, 2.75) is 0 Å². The fraction of sp³-hybridized carbons (Fsp3) is 0. The van der Waals surface area contributed by atoms with Gasteiger partial charge in [0.05, 0.1) is 0 Å². The van der Waals surface area contributed by atoms with E-state index >= 15 is 0 Å². The minimum Gasteiger partial charge on any atom is -1.00 e. The van der Waals surface area contributed by atoms with E-state index in [0.717, 1.165) is 0 Å². The van der Waals surface area contributed by atoms with Crippen molar-refractivity contribution in [2.24, 2.45) is 0 Å². The van der Waals surface area contributed by atoms with E-state index in [1.165, 1.54) is 0 Å². The Bertz CT molecular complexity index is 94.9. The van der Waals surface area contributed by atoms with Gasteiger partial charge in [-0.25, -0.2) is 0 Å². The zero-order chi connectivity index (χ0) is 4.50. The Hall–Kier alpha value is 0.683. The van der Waals surface area contributed by atoms with Gasteiger partial charge in [-0.05, 0) is 0 Å². The van der Waals surface area contributed by atoms with E-state index in [-0.39, 0.29) is 30.9 Å². The molecule has 0 aromatic heterocycles. The predicted octanol–water partition coefficient (Wildman–Crippen LogP) is -4.34. The molecule has 0 bridgehead atoms. The molecule has 0 aliphatic carbocycles. The third-order valence-corrected chi connectivity index (χ3v) is 0. The van der Waals surface area contributed by atoms with Crippen LogP contribution in [0.4, 0.5) is 0 Å². The molecule has 0 saturated carbocycles. The standard InChI is InChI=1S/FH.H2O4S.Zr/c;1-5(2,3)4;/h1H;(H2,1,2,3,4);/q;;+3/p-3. The average molecular weight is 206 g/mol. The van der Waals surface area contributed by atoms with Crippen LogP contribution in [0.15, 0.2) is 0 Å². The van der Waals surface area contributed by atoms with Crippen LogP contribution in [0.5, 0.6) is 0 Å². The normalized spacial score (nSPS) is 8.29. The van der Waals surface area contributed by atoms with Crippen molar-refractivity contribution in [3.05, 3.63) is 0 Å². The van der Waals surface area contributed by atoms with Gasteiger partial charge in [0.2, 0.25) is 0 Å². The minimum absolute atomic E-state index is 0. The minimum atomic E-state index is -5.17. The van der Waals surface area contributed by atoms with Gasteiger partial charge < -0.3 is 13.8 Å². The van der Waals surface area contributed by atoms with Gasteiger partial charge >= 0.3 is 26.2 Å². The quantitative estimate of drug-likeness (QED) is 0.296. The molecule has 0 rings (SSSR count). The first-order valence-electron chi connectivity index (χ1n) is 0.667. The van der Waals surface area contributed by atoms with Crippen molar-refractivity contribution in [3.8, 4) is 0 Å². The molecule has 0 saturated heterocycles. The van der Waals surface area contributed by atoms with E-state index in [2.05, 4.69) is 0 Å². The third-order valence-electron chi connectivity index (χ3n) is 0. The van der Waals surface area contributed by atoms with Crippen LogP contribution < -0.4 is 4.70 Å². The van der Waals surface area contributed by atoms with Crippen LogP contribution in [-0.2, 0) is 36.6 Å². The Balaban J connectivity index is -0.0000000800. The molecule has 0 fully saturated rings. The van der Waals surface area contributed by atoms with Gasteiger partial charge in [0.1, 0.15) is 0 Å². The number of hydrogen-bond donors (Lipinski definition) is 0. The predicted molar refractivity (Wildman–Crippen MR) is 10.5 cm³/mol. The average Bonchev–Trinajstić information content (AvgIpc) is 0.722. The molecule has 7 heteroatoms. The Kier molecular flexibility index (Phi) is 10.8. The molecular weight excluding hydrogens is 206 g/mol. The first-order chi connectivity index (χ1) is 2.00. The van der Waals surface area contributed by atoms with Crippen LogP contribution in [-0.4, -0.2) is 17.5 Å². The summed E-state index contributed by atoms with van der Waals surface area (Å²) in [6, 6.07) is 0. The molecular formula is FO4SZr. The summed E-state index contributed by atoms with van der Waals surface area (Å²) in [6.07, 6.45) is 0. The molecule has 0 aromatic rings. The summed E-state index contributed by atoms with van der Waals surface area (Å²) < 4.78 is 34.1. The van der Waals surface area contributed by atoms with Crippen LogP contribution in [0, 0.1) is 0 Å². The molecule has 4 nitrogen and oxygen atoms in total. The van der Waals surface area contributed by atoms with E-state index in [9.17, 15) is 0 Å². The van der Waals surface area contributed by atoms with Crippen molar-refractivity contribution in [3.63, 3.8) is 0 Å². The Morgan fingerprint density at radius 1 is 1.14 bits per heavy atom. The SMILES string of the molecule is O=S(=O)([O-])[O-].[F-].[Zr+3]. The molecule has 1 radical (unpaired) electrons. The molecule has 41 valence electrons. The second-order valence-electron chi connectivity index (χ2n) is 0.408. The summed E-state index contributed by atoms with van der Waals surface area (Å²) in [5, 5.41) is 0. The molecule has 0 aliphatic rings. The van der Waals surface area contributed by atoms with Crippen molar-refractivity contribution in [2.75, 3.05) is 0 Å². The maximum atomic E-state index is 8.52.